The molecule has 0 aromatic rings. The molecule has 0 saturated carbocycles. The normalized spacial score (nSPS) is 17.6. The first-order chi connectivity index (χ1) is 8.87. The molecule has 0 fully saturated rings. The van der Waals surface area contributed by atoms with Crippen molar-refractivity contribution in [3.63, 3.8) is 0 Å². The molecule has 114 valence electrons. The highest BCUT2D eigenvalue weighted by Crippen LogP contribution is 2.20. The van der Waals surface area contributed by atoms with Gasteiger partial charge in [0.15, 0.2) is 0 Å². The van der Waals surface area contributed by atoms with Gasteiger partial charge in [-0.25, -0.2) is 0 Å². The first-order valence-electron chi connectivity index (χ1n) is 7.09. The third kappa shape index (κ3) is 7.18. The summed E-state index contributed by atoms with van der Waals surface area (Å²) in [4.78, 5) is 12.0. The zero-order valence-corrected chi connectivity index (χ0v) is 13.7. The molecule has 2 N–H and O–H groups in total. The van der Waals surface area contributed by atoms with E-state index in [2.05, 4.69) is 5.32 Å². The van der Waals surface area contributed by atoms with E-state index >= 15 is 0 Å². The van der Waals surface area contributed by atoms with Gasteiger partial charge in [-0.2, -0.15) is 11.8 Å². The summed E-state index contributed by atoms with van der Waals surface area (Å²) in [5, 5.41) is 12.9. The molecule has 0 radical (unpaired) electrons. The summed E-state index contributed by atoms with van der Waals surface area (Å²) in [6.07, 6.45) is 1.37. The molecule has 0 aliphatic heterocycles. The largest absolute Gasteiger partial charge is 0.465 e. The zero-order chi connectivity index (χ0) is 14.9. The topological polar surface area (TPSA) is 58.6 Å². The number of rotatable bonds is 10. The van der Waals surface area contributed by atoms with E-state index in [0.717, 1.165) is 25.1 Å². The minimum Gasteiger partial charge on any atom is -0.465 e. The Morgan fingerprint density at radius 3 is 2.53 bits per heavy atom. The van der Waals surface area contributed by atoms with Crippen LogP contribution in [0.5, 0.6) is 0 Å². The average Bonchev–Trinajstić information content (AvgIpc) is 2.34. The molecule has 0 aromatic carbocycles. The molecule has 0 bridgehead atoms. The fraction of sp³-hybridized carbons (Fsp3) is 0.929. The molecule has 0 heterocycles. The van der Waals surface area contributed by atoms with Gasteiger partial charge in [-0.15, -0.1) is 0 Å². The van der Waals surface area contributed by atoms with Crippen LogP contribution in [-0.4, -0.2) is 46.9 Å². The number of aliphatic hydroxyl groups is 1. The van der Waals surface area contributed by atoms with Crippen LogP contribution >= 0.6 is 11.8 Å². The number of hydrogen-bond acceptors (Lipinski definition) is 5. The van der Waals surface area contributed by atoms with E-state index in [-0.39, 0.29) is 17.3 Å². The number of carbonyl (C=O) groups is 1. The molecule has 0 aliphatic carbocycles. The standard InChI is InChI=1S/C14H29NO3S/c1-6-15-14(5,13(17)18-7-2)9-8-10-19-12(4)11(3)16/h11-12,15-16H,6-10H2,1-5H3. The highest BCUT2D eigenvalue weighted by molar-refractivity contribution is 7.99. The molecule has 0 aromatic heterocycles. The van der Waals surface area contributed by atoms with Gasteiger partial charge in [0.25, 0.3) is 0 Å². The maximum Gasteiger partial charge on any atom is 0.326 e. The number of carbonyl (C=O) groups excluding carboxylic acids is 1. The first kappa shape index (κ1) is 18.7. The van der Waals surface area contributed by atoms with Gasteiger partial charge in [-0.3, -0.25) is 4.79 Å². The molecule has 4 nitrogen and oxygen atoms in total. The Morgan fingerprint density at radius 1 is 1.42 bits per heavy atom. The van der Waals surface area contributed by atoms with Crippen LogP contribution in [-0.2, 0) is 9.53 Å². The number of esters is 1. The molecular formula is C14H29NO3S. The molecule has 0 aliphatic rings. The predicted octanol–water partition coefficient (Wildman–Crippen LogP) is 2.20. The van der Waals surface area contributed by atoms with Gasteiger partial charge in [0.1, 0.15) is 5.54 Å². The van der Waals surface area contributed by atoms with E-state index in [0.29, 0.717) is 6.61 Å². The Hall–Kier alpha value is -0.260. The predicted molar refractivity (Wildman–Crippen MR) is 81.5 cm³/mol. The SMILES string of the molecule is CCNC(C)(CCCSC(C)C(C)O)C(=O)OCC. The molecule has 0 spiro atoms. The molecule has 0 amide bonds. The van der Waals surface area contributed by atoms with Crippen LogP contribution in [0.15, 0.2) is 0 Å². The van der Waals surface area contributed by atoms with Crippen molar-refractivity contribution in [2.45, 2.75) is 64.4 Å². The van der Waals surface area contributed by atoms with E-state index in [1.807, 2.05) is 27.7 Å². The molecule has 0 saturated heterocycles. The van der Waals surface area contributed by atoms with Crippen LogP contribution in [0.2, 0.25) is 0 Å². The number of thioether (sulfide) groups is 1. The van der Waals surface area contributed by atoms with E-state index in [1.54, 1.807) is 18.7 Å². The molecular weight excluding hydrogens is 262 g/mol. The van der Waals surface area contributed by atoms with Crippen molar-refractivity contribution in [3.05, 3.63) is 0 Å². The fourth-order valence-electron chi connectivity index (χ4n) is 1.78. The Kier molecular flexibility index (Phi) is 9.48. The minimum absolute atomic E-state index is 0.176. The number of aliphatic hydroxyl groups excluding tert-OH is 1. The summed E-state index contributed by atoms with van der Waals surface area (Å²) >= 11 is 1.74. The summed E-state index contributed by atoms with van der Waals surface area (Å²) in [5.41, 5.74) is -0.598. The summed E-state index contributed by atoms with van der Waals surface area (Å²) in [6, 6.07) is 0. The summed E-state index contributed by atoms with van der Waals surface area (Å²) in [7, 11) is 0. The number of ether oxygens (including phenoxy) is 1. The van der Waals surface area contributed by atoms with Crippen molar-refractivity contribution < 1.29 is 14.6 Å². The molecule has 5 heteroatoms. The third-order valence-electron chi connectivity index (χ3n) is 3.17. The summed E-state index contributed by atoms with van der Waals surface area (Å²) in [5.74, 6) is 0.761. The Bertz CT molecular complexity index is 261. The monoisotopic (exact) mass is 291 g/mol. The second-order valence-electron chi connectivity index (χ2n) is 5.00. The molecule has 0 rings (SSSR count). The number of likely N-dealkylation sites (N-methyl/N-ethyl adjacent to an activating group) is 1. The van der Waals surface area contributed by atoms with Gasteiger partial charge in [0.2, 0.25) is 0 Å². The number of nitrogens with one attached hydrogen (secondary N) is 1. The maximum atomic E-state index is 12.0. The zero-order valence-electron chi connectivity index (χ0n) is 12.9. The van der Waals surface area contributed by atoms with Gasteiger partial charge in [-0.1, -0.05) is 13.8 Å². The van der Waals surface area contributed by atoms with Crippen molar-refractivity contribution in [3.8, 4) is 0 Å². The summed E-state index contributed by atoms with van der Waals surface area (Å²) < 4.78 is 5.13. The lowest BCUT2D eigenvalue weighted by atomic mass is 9.96. The maximum absolute atomic E-state index is 12.0. The van der Waals surface area contributed by atoms with Crippen LogP contribution in [0.25, 0.3) is 0 Å². The average molecular weight is 291 g/mol. The molecule has 3 atom stereocenters. The Labute approximate surface area is 121 Å². The second-order valence-corrected chi connectivity index (χ2v) is 6.49. The van der Waals surface area contributed by atoms with Crippen molar-refractivity contribution in [1.29, 1.82) is 0 Å². The smallest absolute Gasteiger partial charge is 0.326 e. The van der Waals surface area contributed by atoms with E-state index in [9.17, 15) is 9.90 Å². The van der Waals surface area contributed by atoms with Gasteiger partial charge < -0.3 is 15.2 Å². The van der Waals surface area contributed by atoms with Crippen LogP contribution < -0.4 is 5.32 Å². The van der Waals surface area contributed by atoms with Gasteiger partial charge in [0, 0.05) is 5.25 Å². The van der Waals surface area contributed by atoms with Crippen molar-refractivity contribution in [2.75, 3.05) is 18.9 Å². The fourth-order valence-corrected chi connectivity index (χ4v) is 2.74. The molecule has 3 unspecified atom stereocenters. The lowest BCUT2D eigenvalue weighted by Crippen LogP contribution is -2.50. The second kappa shape index (κ2) is 9.61. The lowest BCUT2D eigenvalue weighted by Gasteiger charge is -2.28. The minimum atomic E-state index is -0.598. The van der Waals surface area contributed by atoms with E-state index in [1.165, 1.54) is 0 Å². The number of hydrogen-bond donors (Lipinski definition) is 2. The quantitative estimate of drug-likeness (QED) is 0.477. The molecule has 19 heavy (non-hydrogen) atoms. The highest BCUT2D eigenvalue weighted by Gasteiger charge is 2.33. The van der Waals surface area contributed by atoms with Crippen LogP contribution in [0.3, 0.4) is 0 Å². The van der Waals surface area contributed by atoms with Crippen LogP contribution in [0.1, 0.15) is 47.5 Å². The van der Waals surface area contributed by atoms with Crippen molar-refractivity contribution >= 4 is 17.7 Å². The van der Waals surface area contributed by atoms with Gasteiger partial charge in [-0.05, 0) is 45.9 Å². The lowest BCUT2D eigenvalue weighted by molar-refractivity contribution is -0.150. The highest BCUT2D eigenvalue weighted by atomic mass is 32.2. The van der Waals surface area contributed by atoms with Gasteiger partial charge in [0.05, 0.1) is 12.7 Å². The Balaban J connectivity index is 4.17. The summed E-state index contributed by atoms with van der Waals surface area (Å²) in [6.45, 7) is 10.7. The van der Waals surface area contributed by atoms with E-state index < -0.39 is 5.54 Å². The van der Waals surface area contributed by atoms with E-state index in [4.69, 9.17) is 4.74 Å². The van der Waals surface area contributed by atoms with Gasteiger partial charge >= 0.3 is 5.97 Å². The van der Waals surface area contributed by atoms with Crippen LogP contribution in [0, 0.1) is 0 Å². The van der Waals surface area contributed by atoms with Crippen molar-refractivity contribution in [2.24, 2.45) is 0 Å². The van der Waals surface area contributed by atoms with Crippen LogP contribution in [0.4, 0.5) is 0 Å². The van der Waals surface area contributed by atoms with Crippen molar-refractivity contribution in [1.82, 2.24) is 5.32 Å². The third-order valence-corrected chi connectivity index (χ3v) is 4.62. The first-order valence-corrected chi connectivity index (χ1v) is 8.14. The Morgan fingerprint density at radius 2 is 2.05 bits per heavy atom.